The Morgan fingerprint density at radius 1 is 1.32 bits per heavy atom. The average molecular weight is 261 g/mol. The van der Waals surface area contributed by atoms with Crippen LogP contribution in [-0.4, -0.2) is 24.1 Å². The minimum absolute atomic E-state index is 0.253. The van der Waals surface area contributed by atoms with Crippen LogP contribution in [0.15, 0.2) is 18.3 Å². The van der Waals surface area contributed by atoms with Crippen LogP contribution in [0.4, 0.5) is 5.82 Å². The van der Waals surface area contributed by atoms with Crippen LogP contribution in [0, 0.1) is 5.41 Å². The van der Waals surface area contributed by atoms with Gasteiger partial charge in [-0.3, -0.25) is 0 Å². The fourth-order valence-corrected chi connectivity index (χ4v) is 2.51. The van der Waals surface area contributed by atoms with E-state index in [1.54, 1.807) is 0 Å². The van der Waals surface area contributed by atoms with Crippen LogP contribution in [0.3, 0.4) is 0 Å². The Balaban J connectivity index is 1.95. The molecule has 1 aromatic heterocycles. The zero-order valence-corrected chi connectivity index (χ0v) is 12.5. The number of piperidine rings is 1. The third-order valence-electron chi connectivity index (χ3n) is 4.27. The number of hydrogen-bond acceptors (Lipinski definition) is 3. The number of anilines is 1. The maximum atomic E-state index is 5.98. The van der Waals surface area contributed by atoms with Gasteiger partial charge in [0.2, 0.25) is 0 Å². The van der Waals surface area contributed by atoms with E-state index in [4.69, 9.17) is 5.73 Å². The van der Waals surface area contributed by atoms with Crippen LogP contribution >= 0.6 is 0 Å². The van der Waals surface area contributed by atoms with Crippen molar-refractivity contribution in [3.8, 4) is 0 Å². The molecule has 0 saturated carbocycles. The zero-order valence-electron chi connectivity index (χ0n) is 12.5. The lowest BCUT2D eigenvalue weighted by atomic mass is 9.83. The molecule has 3 heteroatoms. The summed E-state index contributed by atoms with van der Waals surface area (Å²) < 4.78 is 0. The number of aromatic nitrogens is 1. The molecule has 106 valence electrons. The molecule has 0 amide bonds. The monoisotopic (exact) mass is 261 g/mol. The molecule has 1 fully saturated rings. The molecule has 2 N–H and O–H groups in total. The summed E-state index contributed by atoms with van der Waals surface area (Å²) >= 11 is 0. The minimum Gasteiger partial charge on any atom is -0.357 e. The van der Waals surface area contributed by atoms with E-state index in [1.807, 2.05) is 6.20 Å². The molecule has 1 atom stereocenters. The number of hydrogen-bond donors (Lipinski definition) is 1. The second kappa shape index (κ2) is 5.91. The average Bonchev–Trinajstić information content (AvgIpc) is 2.40. The Bertz CT molecular complexity index is 387. The van der Waals surface area contributed by atoms with Gasteiger partial charge in [0.05, 0.1) is 0 Å². The summed E-state index contributed by atoms with van der Waals surface area (Å²) in [4.78, 5) is 7.01. The number of nitrogens with zero attached hydrogens (tertiary/aromatic N) is 2. The van der Waals surface area contributed by atoms with E-state index in [1.165, 1.54) is 18.4 Å². The van der Waals surface area contributed by atoms with Crippen LogP contribution in [0.2, 0.25) is 0 Å². The van der Waals surface area contributed by atoms with Gasteiger partial charge in [0.25, 0.3) is 0 Å². The minimum atomic E-state index is 0.253. The van der Waals surface area contributed by atoms with E-state index in [0.717, 1.165) is 31.7 Å². The molecule has 0 radical (unpaired) electrons. The SMILES string of the molecule is CCC(N)Cc1ccc(N2CCC(C)(C)CC2)nc1. The highest BCUT2D eigenvalue weighted by Gasteiger charge is 2.25. The van der Waals surface area contributed by atoms with Crippen molar-refractivity contribution in [2.45, 2.75) is 52.5 Å². The number of pyridine rings is 1. The Morgan fingerprint density at radius 3 is 2.53 bits per heavy atom. The summed E-state index contributed by atoms with van der Waals surface area (Å²) in [5.74, 6) is 1.12. The Labute approximate surface area is 117 Å². The van der Waals surface area contributed by atoms with Crippen LogP contribution in [0.25, 0.3) is 0 Å². The van der Waals surface area contributed by atoms with Crippen molar-refractivity contribution in [3.63, 3.8) is 0 Å². The second-order valence-corrected chi connectivity index (χ2v) is 6.55. The van der Waals surface area contributed by atoms with E-state index >= 15 is 0 Å². The number of nitrogens with two attached hydrogens (primary N) is 1. The summed E-state index contributed by atoms with van der Waals surface area (Å²) in [7, 11) is 0. The predicted octanol–water partition coefficient (Wildman–Crippen LogP) is 2.99. The molecule has 0 aliphatic carbocycles. The molecule has 1 aromatic rings. The molecule has 19 heavy (non-hydrogen) atoms. The molecular weight excluding hydrogens is 234 g/mol. The fraction of sp³-hybridized carbons (Fsp3) is 0.688. The first-order valence-electron chi connectivity index (χ1n) is 7.45. The Kier molecular flexibility index (Phi) is 4.46. The van der Waals surface area contributed by atoms with Gasteiger partial charge < -0.3 is 10.6 Å². The molecule has 1 saturated heterocycles. The lowest BCUT2D eigenvalue weighted by Gasteiger charge is -2.37. The van der Waals surface area contributed by atoms with Crippen molar-refractivity contribution in [2.24, 2.45) is 11.1 Å². The van der Waals surface area contributed by atoms with E-state index in [0.29, 0.717) is 5.41 Å². The first-order valence-corrected chi connectivity index (χ1v) is 7.45. The topological polar surface area (TPSA) is 42.1 Å². The third kappa shape index (κ3) is 3.93. The van der Waals surface area contributed by atoms with E-state index < -0.39 is 0 Å². The highest BCUT2D eigenvalue weighted by atomic mass is 15.2. The lowest BCUT2D eigenvalue weighted by molar-refractivity contribution is 0.279. The molecule has 3 nitrogen and oxygen atoms in total. The molecule has 1 unspecified atom stereocenters. The molecule has 2 heterocycles. The van der Waals surface area contributed by atoms with Gasteiger partial charge in [0.1, 0.15) is 5.82 Å². The van der Waals surface area contributed by atoms with Crippen molar-refractivity contribution in [3.05, 3.63) is 23.9 Å². The van der Waals surface area contributed by atoms with Crippen molar-refractivity contribution in [1.82, 2.24) is 4.98 Å². The Hall–Kier alpha value is -1.09. The predicted molar refractivity (Wildman–Crippen MR) is 81.4 cm³/mol. The first kappa shape index (κ1) is 14.3. The molecular formula is C16H27N3. The lowest BCUT2D eigenvalue weighted by Crippen LogP contribution is -2.37. The quantitative estimate of drug-likeness (QED) is 0.906. The van der Waals surface area contributed by atoms with Crippen molar-refractivity contribution in [1.29, 1.82) is 0 Å². The van der Waals surface area contributed by atoms with Crippen LogP contribution < -0.4 is 10.6 Å². The maximum Gasteiger partial charge on any atom is 0.128 e. The van der Waals surface area contributed by atoms with E-state index in [2.05, 4.69) is 42.8 Å². The molecule has 1 aliphatic heterocycles. The largest absolute Gasteiger partial charge is 0.357 e. The van der Waals surface area contributed by atoms with Gasteiger partial charge in [-0.25, -0.2) is 4.98 Å². The summed E-state index contributed by atoms with van der Waals surface area (Å²) in [5, 5.41) is 0. The van der Waals surface area contributed by atoms with Gasteiger partial charge in [-0.05, 0) is 42.7 Å². The molecule has 0 aromatic carbocycles. The first-order chi connectivity index (χ1) is 9.00. The summed E-state index contributed by atoms with van der Waals surface area (Å²) in [6.45, 7) is 9.07. The molecule has 0 bridgehead atoms. The van der Waals surface area contributed by atoms with Gasteiger partial charge in [0, 0.05) is 25.3 Å². The maximum absolute atomic E-state index is 5.98. The zero-order chi connectivity index (χ0) is 13.9. The second-order valence-electron chi connectivity index (χ2n) is 6.55. The van der Waals surface area contributed by atoms with E-state index in [-0.39, 0.29) is 6.04 Å². The smallest absolute Gasteiger partial charge is 0.128 e. The normalized spacial score (nSPS) is 20.3. The van der Waals surface area contributed by atoms with Crippen LogP contribution in [-0.2, 0) is 6.42 Å². The molecule has 2 rings (SSSR count). The van der Waals surface area contributed by atoms with Gasteiger partial charge in [-0.2, -0.15) is 0 Å². The van der Waals surface area contributed by atoms with E-state index in [9.17, 15) is 0 Å². The fourth-order valence-electron chi connectivity index (χ4n) is 2.51. The Morgan fingerprint density at radius 2 is 2.00 bits per heavy atom. The van der Waals surface area contributed by atoms with Crippen molar-refractivity contribution >= 4 is 5.82 Å². The van der Waals surface area contributed by atoms with Crippen molar-refractivity contribution in [2.75, 3.05) is 18.0 Å². The summed E-state index contributed by atoms with van der Waals surface area (Å²) in [6, 6.07) is 4.58. The highest BCUT2D eigenvalue weighted by Crippen LogP contribution is 2.31. The number of rotatable bonds is 4. The summed E-state index contributed by atoms with van der Waals surface area (Å²) in [5.41, 5.74) is 7.71. The van der Waals surface area contributed by atoms with Gasteiger partial charge in [-0.15, -0.1) is 0 Å². The van der Waals surface area contributed by atoms with Gasteiger partial charge >= 0.3 is 0 Å². The summed E-state index contributed by atoms with van der Waals surface area (Å²) in [6.07, 6.45) is 6.43. The highest BCUT2D eigenvalue weighted by molar-refractivity contribution is 5.40. The third-order valence-corrected chi connectivity index (χ3v) is 4.27. The van der Waals surface area contributed by atoms with Gasteiger partial charge in [0.15, 0.2) is 0 Å². The van der Waals surface area contributed by atoms with Gasteiger partial charge in [-0.1, -0.05) is 26.8 Å². The molecule has 1 aliphatic rings. The van der Waals surface area contributed by atoms with Crippen molar-refractivity contribution < 1.29 is 0 Å². The molecule has 0 spiro atoms. The van der Waals surface area contributed by atoms with Crippen LogP contribution in [0.1, 0.15) is 45.6 Å². The standard InChI is InChI=1S/C16H27N3/c1-4-14(17)11-13-5-6-15(18-12-13)19-9-7-16(2,3)8-10-19/h5-6,12,14H,4,7-11,17H2,1-3H3. The van der Waals surface area contributed by atoms with Crippen LogP contribution in [0.5, 0.6) is 0 Å².